The summed E-state index contributed by atoms with van der Waals surface area (Å²) in [5, 5.41) is 0. The minimum Gasteiger partial charge on any atom is -0.0530 e. The molecular weight excluding hydrogens is 108 g/mol. The Bertz CT molecular complexity index is 86.2. The molecule has 0 radical (unpaired) electrons. The molecule has 0 aliphatic heterocycles. The van der Waals surface area contributed by atoms with Gasteiger partial charge in [0.05, 0.1) is 0 Å². The van der Waals surface area contributed by atoms with Crippen LogP contribution >= 0.6 is 0 Å². The van der Waals surface area contributed by atoms with Crippen LogP contribution in [0.2, 0.25) is 0 Å². The number of hydrogen-bond donors (Lipinski definition) is 0. The Morgan fingerprint density at radius 3 is 1.33 bits per heavy atom. The van der Waals surface area contributed by atoms with E-state index < -0.39 is 0 Å². The van der Waals surface area contributed by atoms with Gasteiger partial charge in [-0.2, -0.15) is 0 Å². The Hall–Kier alpha value is 0. The highest BCUT2D eigenvalue weighted by Crippen LogP contribution is 2.41. The first-order valence-electron chi connectivity index (χ1n) is 4.47. The van der Waals surface area contributed by atoms with Gasteiger partial charge in [0.15, 0.2) is 0 Å². The van der Waals surface area contributed by atoms with Crippen LogP contribution in [0.5, 0.6) is 0 Å². The molecule has 0 bridgehead atoms. The highest BCUT2D eigenvalue weighted by molar-refractivity contribution is 4.80. The molecule has 2 saturated carbocycles. The number of rotatable bonds is 1. The van der Waals surface area contributed by atoms with Crippen molar-refractivity contribution in [3.05, 3.63) is 0 Å². The third kappa shape index (κ3) is 0.997. The van der Waals surface area contributed by atoms with E-state index in [-0.39, 0.29) is 0 Å². The van der Waals surface area contributed by atoms with Crippen LogP contribution in [-0.2, 0) is 0 Å². The van der Waals surface area contributed by atoms with Gasteiger partial charge in [-0.05, 0) is 11.8 Å². The van der Waals surface area contributed by atoms with E-state index in [2.05, 4.69) is 0 Å². The highest BCUT2D eigenvalue weighted by Gasteiger charge is 2.28. The molecule has 2 aliphatic carbocycles. The first-order chi connectivity index (χ1) is 4.47. The largest absolute Gasteiger partial charge is 0.0530 e. The molecule has 9 heavy (non-hydrogen) atoms. The predicted molar refractivity (Wildman–Crippen MR) is 39.3 cm³/mol. The Morgan fingerprint density at radius 1 is 0.556 bits per heavy atom. The molecule has 2 fully saturated rings. The summed E-state index contributed by atoms with van der Waals surface area (Å²) in [6.45, 7) is 0. The Balaban J connectivity index is 1.82. The van der Waals surface area contributed by atoms with Gasteiger partial charge in [0.2, 0.25) is 0 Å². The fourth-order valence-corrected chi connectivity index (χ4v) is 2.34. The molecule has 0 N–H and O–H groups in total. The molecule has 0 saturated heterocycles. The van der Waals surface area contributed by atoms with E-state index in [0.29, 0.717) is 0 Å². The van der Waals surface area contributed by atoms with Crippen molar-refractivity contribution in [1.82, 2.24) is 0 Å². The molecule has 0 atom stereocenters. The maximum Gasteiger partial charge on any atom is -0.0386 e. The van der Waals surface area contributed by atoms with Gasteiger partial charge < -0.3 is 0 Å². The van der Waals surface area contributed by atoms with Gasteiger partial charge >= 0.3 is 0 Å². The van der Waals surface area contributed by atoms with Crippen LogP contribution in [-0.4, -0.2) is 0 Å². The summed E-state index contributed by atoms with van der Waals surface area (Å²) in [5.74, 6) is 2.34. The van der Waals surface area contributed by atoms with Crippen LogP contribution < -0.4 is 0 Å². The maximum atomic E-state index is 1.56. The van der Waals surface area contributed by atoms with E-state index in [0.717, 1.165) is 0 Å². The fraction of sp³-hybridized carbons (Fsp3) is 1.00. The van der Waals surface area contributed by atoms with Crippen LogP contribution in [0.1, 0.15) is 44.9 Å². The van der Waals surface area contributed by atoms with E-state index in [1.807, 2.05) is 0 Å². The zero-order chi connectivity index (χ0) is 6.10. The first kappa shape index (κ1) is 5.76. The molecule has 2 rings (SSSR count). The molecule has 0 heteroatoms. The highest BCUT2D eigenvalue weighted by atomic mass is 14.3. The van der Waals surface area contributed by atoms with Crippen molar-refractivity contribution in [3.8, 4) is 0 Å². The third-order valence-corrected chi connectivity index (χ3v) is 3.22. The lowest BCUT2D eigenvalue weighted by atomic mass is 9.75. The van der Waals surface area contributed by atoms with Gasteiger partial charge in [0.25, 0.3) is 0 Å². The van der Waals surface area contributed by atoms with Crippen LogP contribution in [0.3, 0.4) is 0 Å². The summed E-state index contributed by atoms with van der Waals surface area (Å²) in [6, 6.07) is 0. The second-order valence-corrected chi connectivity index (χ2v) is 3.74. The van der Waals surface area contributed by atoms with Gasteiger partial charge in [-0.25, -0.2) is 0 Å². The molecule has 0 heterocycles. The summed E-state index contributed by atoms with van der Waals surface area (Å²) in [7, 11) is 0. The van der Waals surface area contributed by atoms with E-state index in [1.54, 1.807) is 25.7 Å². The molecular formula is C9H16. The quantitative estimate of drug-likeness (QED) is 0.504. The van der Waals surface area contributed by atoms with Crippen LogP contribution in [0.4, 0.5) is 0 Å². The maximum absolute atomic E-state index is 1.56. The van der Waals surface area contributed by atoms with Gasteiger partial charge in [0, 0.05) is 0 Å². The molecule has 0 aromatic heterocycles. The standard InChI is InChI=1S/C9H16/c1-2-5-8(4-1)9-6-3-7-9/h8-9H,1-7H2. The van der Waals surface area contributed by atoms with Gasteiger partial charge in [-0.15, -0.1) is 0 Å². The second-order valence-electron chi connectivity index (χ2n) is 3.74. The van der Waals surface area contributed by atoms with Crippen molar-refractivity contribution in [3.63, 3.8) is 0 Å². The molecule has 0 unspecified atom stereocenters. The third-order valence-electron chi connectivity index (χ3n) is 3.22. The number of hydrogen-bond acceptors (Lipinski definition) is 0. The zero-order valence-corrected chi connectivity index (χ0v) is 6.10. The topological polar surface area (TPSA) is 0 Å². The Kier molecular flexibility index (Phi) is 1.48. The van der Waals surface area contributed by atoms with E-state index in [1.165, 1.54) is 31.1 Å². The smallest absolute Gasteiger partial charge is 0.0386 e. The normalized spacial score (nSPS) is 30.7. The van der Waals surface area contributed by atoms with E-state index >= 15 is 0 Å². The SMILES string of the molecule is C1CCC(C2CCC2)C1. The van der Waals surface area contributed by atoms with Crippen molar-refractivity contribution in [2.75, 3.05) is 0 Å². The first-order valence-corrected chi connectivity index (χ1v) is 4.47. The summed E-state index contributed by atoms with van der Waals surface area (Å²) >= 11 is 0. The van der Waals surface area contributed by atoms with Crippen molar-refractivity contribution in [1.29, 1.82) is 0 Å². The molecule has 0 aromatic carbocycles. The van der Waals surface area contributed by atoms with Gasteiger partial charge in [-0.1, -0.05) is 44.9 Å². The van der Waals surface area contributed by atoms with Crippen molar-refractivity contribution >= 4 is 0 Å². The molecule has 0 spiro atoms. The summed E-state index contributed by atoms with van der Waals surface area (Å²) in [4.78, 5) is 0. The van der Waals surface area contributed by atoms with E-state index in [9.17, 15) is 0 Å². The predicted octanol–water partition coefficient (Wildman–Crippen LogP) is 2.98. The van der Waals surface area contributed by atoms with Crippen molar-refractivity contribution in [2.24, 2.45) is 11.8 Å². The van der Waals surface area contributed by atoms with Crippen LogP contribution in [0, 0.1) is 11.8 Å². The average Bonchev–Trinajstić information content (AvgIpc) is 2.11. The van der Waals surface area contributed by atoms with E-state index in [4.69, 9.17) is 0 Å². The van der Waals surface area contributed by atoms with Crippen LogP contribution in [0.15, 0.2) is 0 Å². The molecule has 0 amide bonds. The molecule has 2 aliphatic rings. The zero-order valence-electron chi connectivity index (χ0n) is 6.10. The molecule has 0 nitrogen and oxygen atoms in total. The Labute approximate surface area is 57.6 Å². The molecule has 52 valence electrons. The summed E-state index contributed by atoms with van der Waals surface area (Å²) < 4.78 is 0. The lowest BCUT2D eigenvalue weighted by molar-refractivity contribution is 0.210. The van der Waals surface area contributed by atoms with Crippen molar-refractivity contribution < 1.29 is 0 Å². The van der Waals surface area contributed by atoms with Crippen LogP contribution in [0.25, 0.3) is 0 Å². The summed E-state index contributed by atoms with van der Waals surface area (Å²) in [5.41, 5.74) is 0. The monoisotopic (exact) mass is 124 g/mol. The molecule has 0 aromatic rings. The lowest BCUT2D eigenvalue weighted by Crippen LogP contribution is -2.19. The summed E-state index contributed by atoms with van der Waals surface area (Å²) in [6.07, 6.45) is 10.8. The minimum atomic E-state index is 1.17. The second kappa shape index (κ2) is 2.32. The fourth-order valence-electron chi connectivity index (χ4n) is 2.34. The Morgan fingerprint density at radius 2 is 1.00 bits per heavy atom. The average molecular weight is 124 g/mol. The van der Waals surface area contributed by atoms with Gasteiger partial charge in [-0.3, -0.25) is 0 Å². The van der Waals surface area contributed by atoms with Crippen molar-refractivity contribution in [2.45, 2.75) is 44.9 Å². The van der Waals surface area contributed by atoms with Gasteiger partial charge in [0.1, 0.15) is 0 Å². The lowest BCUT2D eigenvalue weighted by Gasteiger charge is -2.30. The minimum absolute atomic E-state index is 1.17.